The number of aromatic nitrogens is 2. The van der Waals surface area contributed by atoms with Gasteiger partial charge in [-0.25, -0.2) is 4.98 Å². The lowest BCUT2D eigenvalue weighted by Gasteiger charge is -2.25. The SMILES string of the molecule is C[C@@H](c1cccc([N+](=O)[O-])c1)N(C)C(=O)CCn1cnc2ccccc2c1=O. The predicted molar refractivity (Wildman–Crippen MR) is 105 cm³/mol. The third kappa shape index (κ3) is 3.90. The second-order valence-corrected chi connectivity index (χ2v) is 6.54. The average Bonchev–Trinajstić information content (AvgIpc) is 2.72. The molecule has 1 atom stereocenters. The Bertz CT molecular complexity index is 1090. The van der Waals surface area contributed by atoms with Crippen LogP contribution in [0.4, 0.5) is 5.69 Å². The normalized spacial score (nSPS) is 11.9. The number of carbonyl (C=O) groups excluding carboxylic acids is 1. The smallest absolute Gasteiger partial charge is 0.269 e. The molecule has 0 aliphatic carbocycles. The maximum Gasteiger partial charge on any atom is 0.269 e. The molecular weight excluding hydrogens is 360 g/mol. The van der Waals surface area contributed by atoms with Gasteiger partial charge in [0.15, 0.2) is 0 Å². The second kappa shape index (κ2) is 7.99. The number of nitrogens with zero attached hydrogens (tertiary/aromatic N) is 4. The summed E-state index contributed by atoms with van der Waals surface area (Å²) in [7, 11) is 1.65. The van der Waals surface area contributed by atoms with Crippen molar-refractivity contribution in [3.8, 4) is 0 Å². The van der Waals surface area contributed by atoms with Crippen LogP contribution in [0.3, 0.4) is 0 Å². The highest BCUT2D eigenvalue weighted by Crippen LogP contribution is 2.23. The Morgan fingerprint density at radius 3 is 2.75 bits per heavy atom. The van der Waals surface area contributed by atoms with Crippen molar-refractivity contribution in [2.75, 3.05) is 7.05 Å². The van der Waals surface area contributed by atoms with Gasteiger partial charge in [-0.15, -0.1) is 0 Å². The van der Waals surface area contributed by atoms with Crippen LogP contribution < -0.4 is 5.56 Å². The lowest BCUT2D eigenvalue weighted by atomic mass is 10.1. The maximum absolute atomic E-state index is 12.6. The van der Waals surface area contributed by atoms with Crippen molar-refractivity contribution in [3.05, 3.63) is 80.9 Å². The van der Waals surface area contributed by atoms with Crippen LogP contribution in [0.2, 0.25) is 0 Å². The molecule has 28 heavy (non-hydrogen) atoms. The van der Waals surface area contributed by atoms with Crippen molar-refractivity contribution >= 4 is 22.5 Å². The van der Waals surface area contributed by atoms with Crippen LogP contribution in [0, 0.1) is 10.1 Å². The number of aryl methyl sites for hydroxylation is 1. The number of carbonyl (C=O) groups is 1. The summed E-state index contributed by atoms with van der Waals surface area (Å²) >= 11 is 0. The summed E-state index contributed by atoms with van der Waals surface area (Å²) in [5.74, 6) is -0.168. The van der Waals surface area contributed by atoms with E-state index in [1.807, 2.05) is 6.07 Å². The number of benzene rings is 2. The molecule has 2 aromatic carbocycles. The minimum Gasteiger partial charge on any atom is -0.339 e. The summed E-state index contributed by atoms with van der Waals surface area (Å²) in [5.41, 5.74) is 1.09. The Balaban J connectivity index is 1.71. The molecule has 0 spiro atoms. The van der Waals surface area contributed by atoms with Crippen molar-refractivity contribution in [1.29, 1.82) is 0 Å². The van der Waals surface area contributed by atoms with Gasteiger partial charge in [0.1, 0.15) is 0 Å². The summed E-state index contributed by atoms with van der Waals surface area (Å²) in [5, 5.41) is 11.5. The molecule has 1 heterocycles. The molecule has 0 aliphatic rings. The molecule has 0 saturated heterocycles. The van der Waals surface area contributed by atoms with Crippen LogP contribution in [-0.2, 0) is 11.3 Å². The summed E-state index contributed by atoms with van der Waals surface area (Å²) in [4.78, 5) is 41.3. The fraction of sp³-hybridized carbons (Fsp3) is 0.250. The van der Waals surface area contributed by atoms with Crippen LogP contribution >= 0.6 is 0 Å². The molecule has 0 aliphatic heterocycles. The number of para-hydroxylation sites is 1. The van der Waals surface area contributed by atoms with Crippen molar-refractivity contribution in [1.82, 2.24) is 14.5 Å². The summed E-state index contributed by atoms with van der Waals surface area (Å²) in [6, 6.07) is 13.0. The largest absolute Gasteiger partial charge is 0.339 e. The molecule has 0 bridgehead atoms. The second-order valence-electron chi connectivity index (χ2n) is 6.54. The van der Waals surface area contributed by atoms with Gasteiger partial charge in [-0.1, -0.05) is 24.3 Å². The van der Waals surface area contributed by atoms with Crippen LogP contribution in [0.1, 0.15) is 24.9 Å². The molecule has 1 aromatic heterocycles. The predicted octanol–water partition coefficient (Wildman–Crippen LogP) is 2.91. The number of hydrogen-bond acceptors (Lipinski definition) is 5. The van der Waals surface area contributed by atoms with Gasteiger partial charge in [0.2, 0.25) is 5.91 Å². The van der Waals surface area contributed by atoms with Crippen LogP contribution in [0.25, 0.3) is 10.9 Å². The Morgan fingerprint density at radius 2 is 2.00 bits per heavy atom. The fourth-order valence-electron chi connectivity index (χ4n) is 3.00. The van der Waals surface area contributed by atoms with E-state index in [-0.39, 0.29) is 36.2 Å². The number of hydrogen-bond donors (Lipinski definition) is 0. The number of rotatable bonds is 6. The molecule has 0 N–H and O–H groups in total. The average molecular weight is 380 g/mol. The van der Waals surface area contributed by atoms with Crippen LogP contribution in [0.5, 0.6) is 0 Å². The van der Waals surface area contributed by atoms with Crippen molar-refractivity contribution in [3.63, 3.8) is 0 Å². The molecule has 0 fully saturated rings. The number of amides is 1. The van der Waals surface area contributed by atoms with Gasteiger partial charge in [0, 0.05) is 32.1 Å². The summed E-state index contributed by atoms with van der Waals surface area (Å²) in [6.45, 7) is 2.02. The van der Waals surface area contributed by atoms with Crippen LogP contribution in [-0.4, -0.2) is 32.3 Å². The first-order valence-electron chi connectivity index (χ1n) is 8.82. The van der Waals surface area contributed by atoms with E-state index < -0.39 is 4.92 Å². The van der Waals surface area contributed by atoms with Crippen LogP contribution in [0.15, 0.2) is 59.7 Å². The van der Waals surface area contributed by atoms with E-state index in [2.05, 4.69) is 4.98 Å². The zero-order chi connectivity index (χ0) is 20.3. The van der Waals surface area contributed by atoms with E-state index in [0.29, 0.717) is 16.5 Å². The first kappa shape index (κ1) is 19.2. The maximum atomic E-state index is 12.6. The Hall–Kier alpha value is -3.55. The number of nitro groups is 1. The topological polar surface area (TPSA) is 98.3 Å². The monoisotopic (exact) mass is 380 g/mol. The Labute approximate surface area is 161 Å². The van der Waals surface area contributed by atoms with Crippen molar-refractivity contribution in [2.45, 2.75) is 25.9 Å². The highest BCUT2D eigenvalue weighted by Gasteiger charge is 2.19. The fourth-order valence-corrected chi connectivity index (χ4v) is 3.00. The zero-order valence-electron chi connectivity index (χ0n) is 15.6. The number of non-ortho nitro benzene ring substituents is 1. The van der Waals surface area contributed by atoms with Gasteiger partial charge in [-0.05, 0) is 24.6 Å². The van der Waals surface area contributed by atoms with Gasteiger partial charge in [-0.3, -0.25) is 24.3 Å². The van der Waals surface area contributed by atoms with E-state index in [4.69, 9.17) is 0 Å². The molecule has 3 aromatic rings. The highest BCUT2D eigenvalue weighted by atomic mass is 16.6. The Kier molecular flexibility index (Phi) is 5.49. The number of nitro benzene ring substituents is 1. The summed E-state index contributed by atoms with van der Waals surface area (Å²) < 4.78 is 1.42. The van der Waals surface area contributed by atoms with Gasteiger partial charge in [0.05, 0.1) is 28.2 Å². The lowest BCUT2D eigenvalue weighted by molar-refractivity contribution is -0.384. The zero-order valence-corrected chi connectivity index (χ0v) is 15.6. The lowest BCUT2D eigenvalue weighted by Crippen LogP contribution is -2.31. The first-order valence-corrected chi connectivity index (χ1v) is 8.82. The minimum atomic E-state index is -0.461. The first-order chi connectivity index (χ1) is 13.4. The third-order valence-corrected chi connectivity index (χ3v) is 4.84. The number of fused-ring (bicyclic) bond motifs is 1. The van der Waals surface area contributed by atoms with E-state index in [1.54, 1.807) is 44.3 Å². The van der Waals surface area contributed by atoms with E-state index in [1.165, 1.54) is 27.9 Å². The van der Waals surface area contributed by atoms with Gasteiger partial charge in [-0.2, -0.15) is 0 Å². The minimum absolute atomic E-state index is 0.0148. The van der Waals surface area contributed by atoms with Gasteiger partial charge < -0.3 is 4.90 Å². The van der Waals surface area contributed by atoms with E-state index in [9.17, 15) is 19.7 Å². The molecule has 3 rings (SSSR count). The molecule has 8 nitrogen and oxygen atoms in total. The molecule has 144 valence electrons. The van der Waals surface area contributed by atoms with Gasteiger partial charge in [0.25, 0.3) is 11.2 Å². The molecule has 8 heteroatoms. The Morgan fingerprint density at radius 1 is 1.25 bits per heavy atom. The molecule has 0 unspecified atom stereocenters. The van der Waals surface area contributed by atoms with E-state index in [0.717, 1.165) is 0 Å². The van der Waals surface area contributed by atoms with E-state index >= 15 is 0 Å². The van der Waals surface area contributed by atoms with Gasteiger partial charge >= 0.3 is 0 Å². The van der Waals surface area contributed by atoms with Crippen molar-refractivity contribution in [2.24, 2.45) is 0 Å². The quantitative estimate of drug-likeness (QED) is 0.484. The highest BCUT2D eigenvalue weighted by molar-refractivity contribution is 5.77. The molecular formula is C20H20N4O4. The molecule has 1 amide bonds. The summed E-state index contributed by atoms with van der Waals surface area (Å²) in [6.07, 6.45) is 1.57. The van der Waals surface area contributed by atoms with Crippen molar-refractivity contribution < 1.29 is 9.72 Å². The molecule has 0 saturated carbocycles. The molecule has 0 radical (unpaired) electrons. The standard InChI is InChI=1S/C20H20N4O4/c1-14(15-6-5-7-16(12-15)24(27)28)22(2)19(25)10-11-23-13-21-18-9-4-3-8-17(18)20(23)26/h3-9,12-14H,10-11H2,1-2H3/t14-/m0/s1. The third-order valence-electron chi connectivity index (χ3n) is 4.84.